The third kappa shape index (κ3) is 5.77. The van der Waals surface area contributed by atoms with Gasteiger partial charge in [-0.3, -0.25) is 4.79 Å². The van der Waals surface area contributed by atoms with Gasteiger partial charge in [0.1, 0.15) is 0 Å². The Morgan fingerprint density at radius 3 is 2.22 bits per heavy atom. The lowest BCUT2D eigenvalue weighted by Gasteiger charge is -2.12. The van der Waals surface area contributed by atoms with Crippen molar-refractivity contribution < 1.29 is 23.8 Å². The lowest BCUT2D eigenvalue weighted by atomic mass is 10.2. The zero-order valence-corrected chi connectivity index (χ0v) is 16.4. The molecule has 1 amide bonds. The highest BCUT2D eigenvalue weighted by Crippen LogP contribution is 2.30. The van der Waals surface area contributed by atoms with Crippen LogP contribution < -0.4 is 14.8 Å². The van der Waals surface area contributed by atoms with Gasteiger partial charge in [0.2, 0.25) is 0 Å². The summed E-state index contributed by atoms with van der Waals surface area (Å²) in [6.45, 7) is 4.07. The summed E-state index contributed by atoms with van der Waals surface area (Å²) in [7, 11) is 0. The molecule has 2 aromatic carbocycles. The predicted octanol–water partition coefficient (Wildman–Crippen LogP) is 4.59. The number of ether oxygens (including phenoxy) is 3. The zero-order chi connectivity index (χ0) is 19.8. The Labute approximate surface area is 167 Å². The van der Waals surface area contributed by atoms with Crippen molar-refractivity contribution in [2.45, 2.75) is 13.8 Å². The van der Waals surface area contributed by atoms with E-state index in [1.807, 2.05) is 13.8 Å². The smallest absolute Gasteiger partial charge is 0.338 e. The van der Waals surface area contributed by atoms with E-state index in [1.54, 1.807) is 30.3 Å². The van der Waals surface area contributed by atoms with Gasteiger partial charge in [0.15, 0.2) is 18.1 Å². The van der Waals surface area contributed by atoms with Gasteiger partial charge in [-0.2, -0.15) is 0 Å². The maximum absolute atomic E-state index is 12.2. The Hall–Kier alpha value is -2.44. The van der Waals surface area contributed by atoms with Gasteiger partial charge in [-0.25, -0.2) is 4.79 Å². The second kappa shape index (κ2) is 10.0. The first-order valence-corrected chi connectivity index (χ1v) is 9.02. The topological polar surface area (TPSA) is 73.9 Å². The highest BCUT2D eigenvalue weighted by atomic mass is 35.5. The number of benzene rings is 2. The number of halogens is 2. The van der Waals surface area contributed by atoms with Crippen molar-refractivity contribution in [1.29, 1.82) is 0 Å². The molecule has 1 N–H and O–H groups in total. The van der Waals surface area contributed by atoms with Crippen LogP contribution in [-0.4, -0.2) is 31.7 Å². The number of carbonyl (C=O) groups is 2. The quantitative estimate of drug-likeness (QED) is 0.643. The molecule has 0 saturated heterocycles. The molecule has 2 aromatic rings. The van der Waals surface area contributed by atoms with Crippen molar-refractivity contribution in [2.24, 2.45) is 0 Å². The van der Waals surface area contributed by atoms with E-state index in [0.717, 1.165) is 0 Å². The van der Waals surface area contributed by atoms with Crippen molar-refractivity contribution in [3.63, 3.8) is 0 Å². The van der Waals surface area contributed by atoms with Gasteiger partial charge in [-0.1, -0.05) is 29.3 Å². The first kappa shape index (κ1) is 20.9. The Balaban J connectivity index is 2.00. The van der Waals surface area contributed by atoms with Gasteiger partial charge in [-0.15, -0.1) is 0 Å². The minimum atomic E-state index is -0.667. The van der Waals surface area contributed by atoms with Crippen molar-refractivity contribution in [2.75, 3.05) is 25.1 Å². The molecule has 0 aliphatic heterocycles. The number of hydrogen-bond donors (Lipinski definition) is 1. The van der Waals surface area contributed by atoms with Gasteiger partial charge >= 0.3 is 5.97 Å². The number of para-hydroxylation sites is 1. The number of hydrogen-bond acceptors (Lipinski definition) is 5. The molecule has 27 heavy (non-hydrogen) atoms. The van der Waals surface area contributed by atoms with Gasteiger partial charge < -0.3 is 19.5 Å². The molecule has 2 rings (SSSR count). The second-order valence-electron chi connectivity index (χ2n) is 5.25. The van der Waals surface area contributed by atoms with Crippen LogP contribution >= 0.6 is 23.2 Å². The van der Waals surface area contributed by atoms with E-state index in [0.29, 0.717) is 24.7 Å². The Bertz CT molecular complexity index is 805. The Morgan fingerprint density at radius 2 is 1.59 bits per heavy atom. The van der Waals surface area contributed by atoms with E-state index in [1.165, 1.54) is 6.07 Å². The third-order valence-corrected chi connectivity index (χ3v) is 3.97. The van der Waals surface area contributed by atoms with E-state index >= 15 is 0 Å². The van der Waals surface area contributed by atoms with E-state index < -0.39 is 18.5 Å². The number of esters is 1. The fourth-order valence-corrected chi connectivity index (χ4v) is 2.68. The third-order valence-electron chi connectivity index (χ3n) is 3.34. The SMILES string of the molecule is CCOc1ccc(C(=O)OCC(=O)Nc2c(Cl)cccc2Cl)cc1OCC. The largest absolute Gasteiger partial charge is 0.490 e. The Kier molecular flexibility index (Phi) is 7.76. The number of amides is 1. The molecule has 0 unspecified atom stereocenters. The van der Waals surface area contributed by atoms with Crippen LogP contribution in [0.1, 0.15) is 24.2 Å². The molecule has 0 heterocycles. The lowest BCUT2D eigenvalue weighted by Crippen LogP contribution is -2.21. The van der Waals surface area contributed by atoms with Crippen LogP contribution in [0.15, 0.2) is 36.4 Å². The normalized spacial score (nSPS) is 10.2. The summed E-state index contributed by atoms with van der Waals surface area (Å²) in [4.78, 5) is 24.2. The number of nitrogens with one attached hydrogen (secondary N) is 1. The molecule has 0 radical (unpaired) electrons. The van der Waals surface area contributed by atoms with Gasteiger partial charge in [-0.05, 0) is 44.2 Å². The van der Waals surface area contributed by atoms with E-state index in [9.17, 15) is 9.59 Å². The van der Waals surface area contributed by atoms with Crippen LogP contribution in [0.25, 0.3) is 0 Å². The first-order chi connectivity index (χ1) is 13.0. The van der Waals surface area contributed by atoms with Crippen LogP contribution in [-0.2, 0) is 9.53 Å². The van der Waals surface area contributed by atoms with Crippen LogP contribution in [0.2, 0.25) is 10.0 Å². The summed E-state index contributed by atoms with van der Waals surface area (Å²) in [6.07, 6.45) is 0. The van der Waals surface area contributed by atoms with Crippen LogP contribution in [0.5, 0.6) is 11.5 Å². The molecule has 0 bridgehead atoms. The average Bonchev–Trinajstić information content (AvgIpc) is 2.64. The standard InChI is InChI=1S/C19H19Cl2NO5/c1-3-25-15-9-8-12(10-16(15)26-4-2)19(24)27-11-17(23)22-18-13(20)6-5-7-14(18)21/h5-10H,3-4,11H2,1-2H3,(H,22,23). The fraction of sp³-hybridized carbons (Fsp3) is 0.263. The van der Waals surface area contributed by atoms with E-state index in [2.05, 4.69) is 5.32 Å². The summed E-state index contributed by atoms with van der Waals surface area (Å²) in [5.41, 5.74) is 0.507. The molecular formula is C19H19Cl2NO5. The molecule has 0 spiro atoms. The Morgan fingerprint density at radius 1 is 0.963 bits per heavy atom. The summed E-state index contributed by atoms with van der Waals surface area (Å²) in [5, 5.41) is 3.09. The maximum atomic E-state index is 12.2. The molecule has 6 nitrogen and oxygen atoms in total. The molecule has 0 saturated carbocycles. The van der Waals surface area contributed by atoms with Crippen molar-refractivity contribution in [1.82, 2.24) is 0 Å². The minimum absolute atomic E-state index is 0.241. The highest BCUT2D eigenvalue weighted by Gasteiger charge is 2.15. The first-order valence-electron chi connectivity index (χ1n) is 8.26. The number of anilines is 1. The summed E-state index contributed by atoms with van der Waals surface area (Å²) in [6, 6.07) is 9.50. The van der Waals surface area contributed by atoms with Gasteiger partial charge in [0.25, 0.3) is 5.91 Å². The summed E-state index contributed by atoms with van der Waals surface area (Å²) < 4.78 is 16.0. The molecule has 0 aliphatic carbocycles. The molecule has 0 fully saturated rings. The van der Waals surface area contributed by atoms with Crippen LogP contribution in [0.3, 0.4) is 0 Å². The molecule has 144 valence electrons. The molecule has 0 aromatic heterocycles. The second-order valence-corrected chi connectivity index (χ2v) is 6.06. The van der Waals surface area contributed by atoms with E-state index in [4.69, 9.17) is 37.4 Å². The molecule has 8 heteroatoms. The molecule has 0 atom stereocenters. The van der Waals surface area contributed by atoms with Gasteiger partial charge in [0, 0.05) is 0 Å². The van der Waals surface area contributed by atoms with Crippen molar-refractivity contribution in [3.05, 3.63) is 52.0 Å². The van der Waals surface area contributed by atoms with Crippen LogP contribution in [0.4, 0.5) is 5.69 Å². The van der Waals surface area contributed by atoms with Gasteiger partial charge in [0.05, 0.1) is 34.5 Å². The maximum Gasteiger partial charge on any atom is 0.338 e. The summed E-state index contributed by atoms with van der Waals surface area (Å²) >= 11 is 12.0. The van der Waals surface area contributed by atoms with E-state index in [-0.39, 0.29) is 21.3 Å². The lowest BCUT2D eigenvalue weighted by molar-refractivity contribution is -0.119. The highest BCUT2D eigenvalue weighted by molar-refractivity contribution is 6.39. The fourth-order valence-electron chi connectivity index (χ4n) is 2.19. The monoisotopic (exact) mass is 411 g/mol. The number of rotatable bonds is 8. The van der Waals surface area contributed by atoms with Crippen molar-refractivity contribution in [3.8, 4) is 11.5 Å². The number of carbonyl (C=O) groups excluding carboxylic acids is 2. The van der Waals surface area contributed by atoms with Crippen LogP contribution in [0, 0.1) is 0 Å². The minimum Gasteiger partial charge on any atom is -0.490 e. The molecule has 0 aliphatic rings. The zero-order valence-electron chi connectivity index (χ0n) is 14.9. The van der Waals surface area contributed by atoms with Crippen molar-refractivity contribution >= 4 is 40.8 Å². The predicted molar refractivity (Wildman–Crippen MR) is 104 cm³/mol. The summed E-state index contributed by atoms with van der Waals surface area (Å²) in [5.74, 6) is -0.267. The molecular weight excluding hydrogens is 393 g/mol. The average molecular weight is 412 g/mol.